The number of aliphatic hydroxyl groups excluding tert-OH is 2. The zero-order chi connectivity index (χ0) is 44.4. The van der Waals surface area contributed by atoms with Gasteiger partial charge in [-0.15, -0.1) is 0 Å². The van der Waals surface area contributed by atoms with Crippen molar-refractivity contribution in [2.45, 2.75) is 74.8 Å². The number of nitrogens with two attached hydrogens (primary N) is 5. The molecule has 0 bridgehead atoms. The fourth-order valence-corrected chi connectivity index (χ4v) is 4.65. The van der Waals surface area contributed by atoms with Crippen molar-refractivity contribution < 1.29 is 63.6 Å². The van der Waals surface area contributed by atoms with Crippen molar-refractivity contribution in [1.29, 1.82) is 0 Å². The third-order valence-corrected chi connectivity index (χ3v) is 7.84. The monoisotopic (exact) mass is 850 g/mol. The molecule has 328 valence electrons. The van der Waals surface area contributed by atoms with Crippen molar-refractivity contribution in [3.63, 3.8) is 0 Å². The Morgan fingerprint density at radius 1 is 0.552 bits per heavy atom. The normalized spacial score (nSPS) is 13.7. The van der Waals surface area contributed by atoms with Gasteiger partial charge in [-0.2, -0.15) is 12.6 Å². The molecule has 7 amide bonds. The first-order chi connectivity index (χ1) is 27.2. The minimum atomic E-state index is -1.76. The molecule has 58 heavy (non-hydrogen) atoms. The summed E-state index contributed by atoms with van der Waals surface area (Å²) in [7, 11) is 0. The zero-order valence-corrected chi connectivity index (χ0v) is 32.2. The van der Waals surface area contributed by atoms with E-state index in [1.54, 1.807) is 0 Å². The van der Waals surface area contributed by atoms with Crippen LogP contribution in [0.25, 0.3) is 0 Å². The number of rotatable bonds is 29. The van der Waals surface area contributed by atoms with Gasteiger partial charge in [0.25, 0.3) is 0 Å². The molecule has 0 fully saturated rings. The summed E-state index contributed by atoms with van der Waals surface area (Å²) in [5.74, 6) is -10.2. The number of hydrogen-bond acceptors (Lipinski definition) is 15. The van der Waals surface area contributed by atoms with Crippen LogP contribution >= 0.6 is 12.6 Å². The van der Waals surface area contributed by atoms with E-state index < -0.39 is 122 Å². The second-order valence-electron chi connectivity index (χ2n) is 12.2. The van der Waals surface area contributed by atoms with E-state index in [2.05, 4.69) is 59.8 Å². The predicted octanol–water partition coefficient (Wildman–Crippen LogP) is -9.06. The zero-order valence-electron chi connectivity index (χ0n) is 31.3. The Bertz CT molecular complexity index is 1490. The van der Waals surface area contributed by atoms with Gasteiger partial charge in [0.1, 0.15) is 30.2 Å². The molecule has 0 unspecified atom stereocenters. The van der Waals surface area contributed by atoms with Crippen LogP contribution in [0.3, 0.4) is 0 Å². The number of carbonyl (C=O) groups excluding carboxylic acids is 7. The van der Waals surface area contributed by atoms with Crippen molar-refractivity contribution in [2.24, 2.45) is 38.7 Å². The van der Waals surface area contributed by atoms with E-state index in [1.807, 2.05) is 0 Å². The number of aliphatic hydroxyl groups is 2. The van der Waals surface area contributed by atoms with Crippen LogP contribution in [0.1, 0.15) is 38.5 Å². The Hall–Kier alpha value is -6.00. The van der Waals surface area contributed by atoms with Gasteiger partial charge in [0.05, 0.1) is 32.3 Å². The molecule has 0 aliphatic carbocycles. The Morgan fingerprint density at radius 2 is 0.983 bits per heavy atom. The Morgan fingerprint density at radius 3 is 1.41 bits per heavy atom. The standard InChI is InChI=1S/C30H54N14O13S/c31-14(5-6-22(49)50)23(51)43-17(11-45)27(55)44-18(12-46)26(54)42-16(4-2-8-37-30(34)35)25(53)41-15(3-1-7-36-29(32)33)24(52)39-9-20(47)38-10-21(48)40-19(13-58)28(56)57/h14-19,45-46,58H,1-13,31H2,(H,38,47)(H,39,52)(H,40,48)(H,41,53)(H,42,54)(H,43,51)(H,44,55)(H,49,50)(H,56,57)(H4,32,33,36)(H4,34,35,37)/t14-,15-,16-,17-,18-,19-/m0/s1. The fourth-order valence-electron chi connectivity index (χ4n) is 4.40. The molecule has 0 aromatic rings. The number of nitrogens with zero attached hydrogens (tertiary/aromatic N) is 2. The highest BCUT2D eigenvalue weighted by Gasteiger charge is 2.31. The molecule has 0 radical (unpaired) electrons. The number of carbonyl (C=O) groups is 9. The summed E-state index contributed by atoms with van der Waals surface area (Å²) < 4.78 is 0. The molecule has 0 aliphatic heterocycles. The van der Waals surface area contributed by atoms with Gasteiger partial charge in [0.2, 0.25) is 41.4 Å². The number of aliphatic carboxylic acids is 2. The van der Waals surface area contributed by atoms with Gasteiger partial charge >= 0.3 is 11.9 Å². The molecule has 0 spiro atoms. The molecule has 0 saturated heterocycles. The maximum absolute atomic E-state index is 13.6. The topological polar surface area (TPSA) is 474 Å². The lowest BCUT2D eigenvalue weighted by molar-refractivity contribution is -0.141. The lowest BCUT2D eigenvalue weighted by Crippen LogP contribution is -2.60. The van der Waals surface area contributed by atoms with Crippen LogP contribution in [0, 0.1) is 0 Å². The number of hydrogen-bond donors (Lipinski definition) is 17. The molecule has 0 heterocycles. The first-order valence-corrected chi connectivity index (χ1v) is 18.1. The van der Waals surface area contributed by atoms with E-state index in [1.165, 1.54) is 0 Å². The summed E-state index contributed by atoms with van der Waals surface area (Å²) in [5.41, 5.74) is 27.0. The summed E-state index contributed by atoms with van der Waals surface area (Å²) in [5, 5.41) is 53.1. The van der Waals surface area contributed by atoms with Crippen LogP contribution in [0.2, 0.25) is 0 Å². The van der Waals surface area contributed by atoms with E-state index in [0.717, 1.165) is 0 Å². The molecule has 28 heteroatoms. The van der Waals surface area contributed by atoms with Crippen LogP contribution in [0.4, 0.5) is 0 Å². The summed E-state index contributed by atoms with van der Waals surface area (Å²) in [6.45, 7) is -3.37. The smallest absolute Gasteiger partial charge is 0.327 e. The molecule has 6 atom stereocenters. The number of guanidine groups is 2. The maximum atomic E-state index is 13.6. The Kier molecular flexibility index (Phi) is 25.5. The Labute approximate surface area is 336 Å². The maximum Gasteiger partial charge on any atom is 0.327 e. The number of amides is 7. The molecular weight excluding hydrogens is 796 g/mol. The Balaban J connectivity index is 5.94. The van der Waals surface area contributed by atoms with Crippen LogP contribution < -0.4 is 65.9 Å². The van der Waals surface area contributed by atoms with Crippen molar-refractivity contribution >= 4 is 77.8 Å². The minimum Gasteiger partial charge on any atom is -0.481 e. The number of thiol groups is 1. The van der Waals surface area contributed by atoms with Crippen LogP contribution in [0.15, 0.2) is 9.98 Å². The summed E-state index contributed by atoms with van der Waals surface area (Å²) in [6.07, 6.45) is -0.853. The largest absolute Gasteiger partial charge is 0.481 e. The minimum absolute atomic E-state index is 0.0152. The quantitative estimate of drug-likeness (QED) is 0.0144. The van der Waals surface area contributed by atoms with E-state index >= 15 is 0 Å². The molecule has 0 aromatic carbocycles. The molecule has 27 nitrogen and oxygen atoms in total. The van der Waals surface area contributed by atoms with E-state index in [4.69, 9.17) is 38.9 Å². The number of nitrogens with one attached hydrogen (secondary N) is 7. The van der Waals surface area contributed by atoms with Crippen molar-refractivity contribution in [2.75, 3.05) is 45.1 Å². The van der Waals surface area contributed by atoms with Crippen molar-refractivity contribution in [3.8, 4) is 0 Å². The number of aliphatic imine (C=N–C) groups is 2. The molecule has 0 aliphatic rings. The second kappa shape index (κ2) is 28.4. The van der Waals surface area contributed by atoms with Crippen LogP contribution in [0.5, 0.6) is 0 Å². The van der Waals surface area contributed by atoms with Crippen LogP contribution in [-0.4, -0.2) is 167 Å². The van der Waals surface area contributed by atoms with Gasteiger partial charge in [-0.3, -0.25) is 48.3 Å². The molecule has 0 saturated carbocycles. The van der Waals surface area contributed by atoms with Gasteiger partial charge < -0.3 is 86.3 Å². The van der Waals surface area contributed by atoms with Gasteiger partial charge in [-0.1, -0.05) is 0 Å². The van der Waals surface area contributed by atoms with Gasteiger partial charge in [-0.05, 0) is 32.1 Å². The van der Waals surface area contributed by atoms with E-state index in [0.29, 0.717) is 0 Å². The average molecular weight is 851 g/mol. The average Bonchev–Trinajstić information content (AvgIpc) is 3.16. The molecule has 21 N–H and O–H groups in total. The SMILES string of the molecule is NC(N)=NCCC[C@H](NC(=O)[C@H](CCCN=C(N)N)NC(=O)[C@H](CO)NC(=O)[C@H](CO)NC(=O)[C@@H](N)CCC(=O)O)C(=O)NCC(=O)NCC(=O)N[C@@H](CS)C(=O)O. The summed E-state index contributed by atoms with van der Waals surface area (Å²) >= 11 is 3.82. The first-order valence-electron chi connectivity index (χ1n) is 17.4. The highest BCUT2D eigenvalue weighted by molar-refractivity contribution is 7.80. The predicted molar refractivity (Wildman–Crippen MR) is 206 cm³/mol. The lowest BCUT2D eigenvalue weighted by Gasteiger charge is -2.26. The molecule has 0 aromatic heterocycles. The van der Waals surface area contributed by atoms with E-state index in [-0.39, 0.29) is 62.9 Å². The van der Waals surface area contributed by atoms with Crippen molar-refractivity contribution in [3.05, 3.63) is 0 Å². The third-order valence-electron chi connectivity index (χ3n) is 7.48. The molecular formula is C30H54N14O13S. The van der Waals surface area contributed by atoms with E-state index in [9.17, 15) is 53.4 Å². The first kappa shape index (κ1) is 52.0. The van der Waals surface area contributed by atoms with Gasteiger partial charge in [0.15, 0.2) is 11.9 Å². The second-order valence-corrected chi connectivity index (χ2v) is 12.5. The number of carboxylic acids is 2. The number of carboxylic acid groups (broad SMARTS) is 2. The molecule has 0 rings (SSSR count). The summed E-state index contributed by atoms with van der Waals surface area (Å²) in [6, 6.07) is -8.99. The highest BCUT2D eigenvalue weighted by Crippen LogP contribution is 2.05. The highest BCUT2D eigenvalue weighted by atomic mass is 32.1. The van der Waals surface area contributed by atoms with Gasteiger partial charge in [0, 0.05) is 25.3 Å². The van der Waals surface area contributed by atoms with Gasteiger partial charge in [-0.25, -0.2) is 4.79 Å². The third kappa shape index (κ3) is 22.5. The van der Waals surface area contributed by atoms with Crippen LogP contribution in [-0.2, 0) is 43.2 Å². The summed E-state index contributed by atoms with van der Waals surface area (Å²) in [4.78, 5) is 119. The lowest BCUT2D eigenvalue weighted by atomic mass is 10.1. The van der Waals surface area contributed by atoms with Crippen molar-refractivity contribution in [1.82, 2.24) is 37.2 Å². The fraction of sp³-hybridized carbons (Fsp3) is 0.633.